The lowest BCUT2D eigenvalue weighted by Gasteiger charge is -2.34. The van der Waals surface area contributed by atoms with Crippen molar-refractivity contribution in [2.45, 2.75) is 51.6 Å². The average Bonchev–Trinajstić information content (AvgIpc) is 3.38. The number of rotatable bonds is 5. The smallest absolute Gasteiger partial charge is 0.272 e. The predicted molar refractivity (Wildman–Crippen MR) is 106 cm³/mol. The summed E-state index contributed by atoms with van der Waals surface area (Å²) in [6.45, 7) is 4.77. The van der Waals surface area contributed by atoms with Crippen molar-refractivity contribution < 1.29 is 9.21 Å². The van der Waals surface area contributed by atoms with E-state index < -0.39 is 0 Å². The Bertz CT molecular complexity index is 929. The van der Waals surface area contributed by atoms with Crippen molar-refractivity contribution in [1.82, 2.24) is 19.7 Å². The first-order chi connectivity index (χ1) is 13.6. The lowest BCUT2D eigenvalue weighted by atomic mass is 10.0. The molecule has 1 aromatic carbocycles. The molecule has 1 atom stereocenters. The number of piperidine rings is 1. The third-order valence-electron chi connectivity index (χ3n) is 5.22. The van der Waals surface area contributed by atoms with Gasteiger partial charge in [-0.15, -0.1) is 0 Å². The fourth-order valence-corrected chi connectivity index (χ4v) is 3.83. The summed E-state index contributed by atoms with van der Waals surface area (Å²) in [7, 11) is 0. The minimum absolute atomic E-state index is 0.00120. The van der Waals surface area contributed by atoms with Crippen LogP contribution >= 0.6 is 0 Å². The molecule has 1 fully saturated rings. The van der Waals surface area contributed by atoms with Gasteiger partial charge in [0, 0.05) is 25.2 Å². The number of amides is 1. The van der Waals surface area contributed by atoms with Crippen LogP contribution in [-0.4, -0.2) is 32.1 Å². The molecule has 3 aromatic rings. The van der Waals surface area contributed by atoms with Crippen LogP contribution < -0.4 is 0 Å². The quantitative estimate of drug-likeness (QED) is 0.660. The van der Waals surface area contributed by atoms with Crippen LogP contribution in [-0.2, 0) is 6.42 Å². The number of nitrogens with zero attached hydrogens (tertiary/aromatic N) is 4. The Balaban J connectivity index is 1.56. The van der Waals surface area contributed by atoms with Gasteiger partial charge in [-0.3, -0.25) is 9.48 Å². The van der Waals surface area contributed by atoms with E-state index in [1.54, 1.807) is 23.1 Å². The maximum Gasteiger partial charge on any atom is 0.272 e. The summed E-state index contributed by atoms with van der Waals surface area (Å²) in [6.07, 6.45) is 7.11. The fraction of sp³-hybridized carbons (Fsp3) is 0.409. The van der Waals surface area contributed by atoms with Gasteiger partial charge < -0.3 is 9.32 Å². The Morgan fingerprint density at radius 3 is 2.82 bits per heavy atom. The van der Waals surface area contributed by atoms with Crippen molar-refractivity contribution in [3.05, 3.63) is 71.7 Å². The number of benzene rings is 1. The molecule has 1 aliphatic rings. The number of carbonyl (C=O) groups excluding carboxylic acids is 1. The molecule has 1 amide bonds. The maximum absolute atomic E-state index is 13.3. The molecule has 0 aliphatic carbocycles. The highest BCUT2D eigenvalue weighted by Crippen LogP contribution is 2.32. The van der Waals surface area contributed by atoms with E-state index in [-0.39, 0.29) is 18.0 Å². The van der Waals surface area contributed by atoms with Gasteiger partial charge in [0.1, 0.15) is 17.5 Å². The first kappa shape index (κ1) is 18.5. The van der Waals surface area contributed by atoms with E-state index in [1.165, 1.54) is 5.56 Å². The highest BCUT2D eigenvalue weighted by Gasteiger charge is 2.33. The van der Waals surface area contributed by atoms with Gasteiger partial charge in [0.25, 0.3) is 5.91 Å². The van der Waals surface area contributed by atoms with Crippen molar-refractivity contribution in [1.29, 1.82) is 0 Å². The molecule has 0 radical (unpaired) electrons. The number of likely N-dealkylation sites (tertiary alicyclic amines) is 1. The summed E-state index contributed by atoms with van der Waals surface area (Å²) in [5.41, 5.74) is 1.81. The Morgan fingerprint density at radius 1 is 1.21 bits per heavy atom. The van der Waals surface area contributed by atoms with E-state index in [0.29, 0.717) is 24.6 Å². The number of carbonyl (C=O) groups is 1. The Labute approximate surface area is 165 Å². The first-order valence-electron chi connectivity index (χ1n) is 9.96. The average molecular weight is 378 g/mol. The molecular formula is C22H26N4O2. The summed E-state index contributed by atoms with van der Waals surface area (Å²) in [5.74, 6) is 1.46. The third-order valence-corrected chi connectivity index (χ3v) is 5.22. The van der Waals surface area contributed by atoms with Crippen molar-refractivity contribution >= 4 is 5.91 Å². The molecule has 0 unspecified atom stereocenters. The molecule has 4 rings (SSSR count). The summed E-state index contributed by atoms with van der Waals surface area (Å²) in [6, 6.07) is 12.0. The summed E-state index contributed by atoms with van der Waals surface area (Å²) in [5, 5.41) is 4.31. The monoisotopic (exact) mass is 378 g/mol. The molecule has 1 saturated heterocycles. The minimum Gasteiger partial charge on any atom is -0.443 e. The SMILES string of the molecule is CC(C)n1nccc1C(=O)N1CCCC[C@@H]1c1ncc(Cc2ccccc2)o1. The lowest BCUT2D eigenvalue weighted by molar-refractivity contribution is 0.0555. The zero-order valence-corrected chi connectivity index (χ0v) is 16.4. The molecule has 2 aromatic heterocycles. The first-order valence-corrected chi connectivity index (χ1v) is 9.96. The van der Waals surface area contributed by atoms with E-state index in [9.17, 15) is 4.79 Å². The summed E-state index contributed by atoms with van der Waals surface area (Å²) in [4.78, 5) is 19.7. The van der Waals surface area contributed by atoms with E-state index in [4.69, 9.17) is 4.42 Å². The molecule has 0 bridgehead atoms. The Kier molecular flexibility index (Phi) is 5.28. The highest BCUT2D eigenvalue weighted by molar-refractivity contribution is 5.92. The lowest BCUT2D eigenvalue weighted by Crippen LogP contribution is -2.39. The molecule has 0 spiro atoms. The van der Waals surface area contributed by atoms with Crippen LogP contribution in [0.2, 0.25) is 0 Å². The molecule has 0 N–H and O–H groups in total. The van der Waals surface area contributed by atoms with Crippen molar-refractivity contribution in [2.24, 2.45) is 0 Å². The van der Waals surface area contributed by atoms with E-state index >= 15 is 0 Å². The standard InChI is InChI=1S/C22H26N4O2/c1-16(2)26-20(11-12-24-26)22(27)25-13-7-6-10-19(25)21-23-15-18(28-21)14-17-8-4-3-5-9-17/h3-5,8-9,11-12,15-16,19H,6-7,10,13-14H2,1-2H3/t19-/m1/s1. The Morgan fingerprint density at radius 2 is 2.04 bits per heavy atom. The van der Waals surface area contributed by atoms with Gasteiger partial charge in [0.2, 0.25) is 5.89 Å². The van der Waals surface area contributed by atoms with Gasteiger partial charge in [0.05, 0.1) is 6.20 Å². The predicted octanol–water partition coefficient (Wildman–Crippen LogP) is 4.41. The Hall–Kier alpha value is -2.89. The second-order valence-electron chi connectivity index (χ2n) is 7.59. The molecule has 146 valence electrons. The topological polar surface area (TPSA) is 64.2 Å². The third kappa shape index (κ3) is 3.72. The van der Waals surface area contributed by atoms with E-state index in [0.717, 1.165) is 25.0 Å². The van der Waals surface area contributed by atoms with Crippen LogP contribution in [0, 0.1) is 0 Å². The van der Waals surface area contributed by atoms with Crippen LogP contribution in [0.15, 0.2) is 53.2 Å². The van der Waals surface area contributed by atoms with Gasteiger partial charge in [0.15, 0.2) is 0 Å². The summed E-state index contributed by atoms with van der Waals surface area (Å²) < 4.78 is 7.86. The highest BCUT2D eigenvalue weighted by atomic mass is 16.4. The van der Waals surface area contributed by atoms with Crippen LogP contribution in [0.4, 0.5) is 0 Å². The number of oxazole rings is 1. The molecule has 0 saturated carbocycles. The van der Waals surface area contributed by atoms with Crippen LogP contribution in [0.25, 0.3) is 0 Å². The zero-order valence-electron chi connectivity index (χ0n) is 16.4. The molecule has 1 aliphatic heterocycles. The van der Waals surface area contributed by atoms with E-state index in [2.05, 4.69) is 22.2 Å². The number of hydrogen-bond acceptors (Lipinski definition) is 4. The maximum atomic E-state index is 13.3. The second kappa shape index (κ2) is 8.00. The van der Waals surface area contributed by atoms with Crippen LogP contribution in [0.5, 0.6) is 0 Å². The summed E-state index contributed by atoms with van der Waals surface area (Å²) >= 11 is 0. The van der Waals surface area contributed by atoms with Crippen molar-refractivity contribution in [3.8, 4) is 0 Å². The van der Waals surface area contributed by atoms with E-state index in [1.807, 2.05) is 36.9 Å². The minimum atomic E-state index is -0.124. The second-order valence-corrected chi connectivity index (χ2v) is 7.59. The van der Waals surface area contributed by atoms with Gasteiger partial charge in [-0.05, 0) is 44.7 Å². The van der Waals surface area contributed by atoms with Crippen LogP contribution in [0.1, 0.15) is 72.9 Å². The molecule has 3 heterocycles. The van der Waals surface area contributed by atoms with Crippen LogP contribution in [0.3, 0.4) is 0 Å². The van der Waals surface area contributed by atoms with Gasteiger partial charge in [-0.25, -0.2) is 4.98 Å². The van der Waals surface area contributed by atoms with Gasteiger partial charge in [-0.2, -0.15) is 5.10 Å². The van der Waals surface area contributed by atoms with Gasteiger partial charge in [-0.1, -0.05) is 30.3 Å². The molecule has 6 nitrogen and oxygen atoms in total. The molecular weight excluding hydrogens is 352 g/mol. The molecule has 28 heavy (non-hydrogen) atoms. The number of aromatic nitrogens is 3. The van der Waals surface area contributed by atoms with Crippen molar-refractivity contribution in [2.75, 3.05) is 6.54 Å². The normalized spacial score (nSPS) is 17.2. The fourth-order valence-electron chi connectivity index (χ4n) is 3.83. The molecule has 6 heteroatoms. The number of hydrogen-bond donors (Lipinski definition) is 0. The van der Waals surface area contributed by atoms with Crippen molar-refractivity contribution in [3.63, 3.8) is 0 Å². The van der Waals surface area contributed by atoms with Gasteiger partial charge >= 0.3 is 0 Å². The zero-order chi connectivity index (χ0) is 19.5. The largest absolute Gasteiger partial charge is 0.443 e.